The number of nitrogens with one attached hydrogen (secondary N) is 1. The Morgan fingerprint density at radius 3 is 2.75 bits per heavy atom. The van der Waals surface area contributed by atoms with Crippen LogP contribution in [0.5, 0.6) is 0 Å². The lowest BCUT2D eigenvalue weighted by molar-refractivity contribution is -0.0433. The minimum atomic E-state index is -0.534. The highest BCUT2D eigenvalue weighted by molar-refractivity contribution is 5.67. The molecular formula is C15H21NO4. The van der Waals surface area contributed by atoms with Gasteiger partial charge in [0.25, 0.3) is 0 Å². The molecule has 110 valence electrons. The molecule has 0 aliphatic heterocycles. The van der Waals surface area contributed by atoms with Gasteiger partial charge in [0.05, 0.1) is 12.2 Å². The number of ether oxygens (including phenoxy) is 2. The van der Waals surface area contributed by atoms with E-state index in [0.29, 0.717) is 6.42 Å². The van der Waals surface area contributed by atoms with Gasteiger partial charge in [-0.25, -0.2) is 4.79 Å². The van der Waals surface area contributed by atoms with E-state index < -0.39 is 12.2 Å². The van der Waals surface area contributed by atoms with Gasteiger partial charge in [-0.05, 0) is 24.8 Å². The summed E-state index contributed by atoms with van der Waals surface area (Å²) >= 11 is 0. The molecular weight excluding hydrogens is 258 g/mol. The number of rotatable bonds is 4. The largest absolute Gasteiger partial charge is 0.445 e. The second-order valence-corrected chi connectivity index (χ2v) is 5.06. The first-order valence-electron chi connectivity index (χ1n) is 6.87. The summed E-state index contributed by atoms with van der Waals surface area (Å²) in [6, 6.07) is 9.47. The zero-order valence-corrected chi connectivity index (χ0v) is 11.6. The Hall–Kier alpha value is -1.59. The van der Waals surface area contributed by atoms with Gasteiger partial charge in [0, 0.05) is 13.2 Å². The average molecular weight is 279 g/mol. The Morgan fingerprint density at radius 1 is 1.35 bits per heavy atom. The maximum atomic E-state index is 11.7. The highest BCUT2D eigenvalue weighted by Gasteiger charge is 2.30. The van der Waals surface area contributed by atoms with Crippen molar-refractivity contribution < 1.29 is 19.4 Å². The number of aliphatic hydroxyl groups excluding tert-OH is 1. The van der Waals surface area contributed by atoms with Crippen LogP contribution in [-0.4, -0.2) is 36.6 Å². The van der Waals surface area contributed by atoms with Crippen molar-refractivity contribution in [3.8, 4) is 0 Å². The molecule has 1 aromatic carbocycles. The third-order valence-corrected chi connectivity index (χ3v) is 3.59. The first-order valence-corrected chi connectivity index (χ1v) is 6.87. The first kappa shape index (κ1) is 14.8. The number of carbonyl (C=O) groups excluding carboxylic acids is 1. The van der Waals surface area contributed by atoms with E-state index in [4.69, 9.17) is 9.47 Å². The van der Waals surface area contributed by atoms with Crippen LogP contribution in [0.1, 0.15) is 24.8 Å². The Kier molecular flexibility index (Phi) is 5.38. The lowest BCUT2D eigenvalue weighted by Gasteiger charge is -2.32. The SMILES string of the molecule is CO[C@@H]1CC[C@H](NC(=O)OCc2ccccc2)C[C@H]1O. The van der Waals surface area contributed by atoms with Crippen molar-refractivity contribution in [1.29, 1.82) is 0 Å². The van der Waals surface area contributed by atoms with Gasteiger partial charge in [0.15, 0.2) is 0 Å². The smallest absolute Gasteiger partial charge is 0.407 e. The Balaban J connectivity index is 1.72. The van der Waals surface area contributed by atoms with Crippen molar-refractivity contribution in [1.82, 2.24) is 5.32 Å². The van der Waals surface area contributed by atoms with E-state index in [-0.39, 0.29) is 18.8 Å². The monoisotopic (exact) mass is 279 g/mol. The third kappa shape index (κ3) is 4.21. The molecule has 0 saturated heterocycles. The van der Waals surface area contributed by atoms with Gasteiger partial charge in [-0.15, -0.1) is 0 Å². The van der Waals surface area contributed by atoms with Gasteiger partial charge in [-0.1, -0.05) is 30.3 Å². The number of amides is 1. The quantitative estimate of drug-likeness (QED) is 0.882. The van der Waals surface area contributed by atoms with Gasteiger partial charge in [0.2, 0.25) is 0 Å². The predicted octanol–water partition coefficient (Wildman–Crippen LogP) is 1.84. The average Bonchev–Trinajstić information content (AvgIpc) is 2.46. The maximum Gasteiger partial charge on any atom is 0.407 e. The van der Waals surface area contributed by atoms with E-state index in [1.165, 1.54) is 0 Å². The minimum Gasteiger partial charge on any atom is -0.445 e. The van der Waals surface area contributed by atoms with Crippen LogP contribution in [0.25, 0.3) is 0 Å². The lowest BCUT2D eigenvalue weighted by Crippen LogP contribution is -2.45. The van der Waals surface area contributed by atoms with Crippen LogP contribution in [0.4, 0.5) is 4.79 Å². The first-order chi connectivity index (χ1) is 9.69. The van der Waals surface area contributed by atoms with Crippen LogP contribution in [0.15, 0.2) is 30.3 Å². The second kappa shape index (κ2) is 7.26. The molecule has 1 saturated carbocycles. The molecule has 5 nitrogen and oxygen atoms in total. The molecule has 20 heavy (non-hydrogen) atoms. The molecule has 1 aromatic rings. The molecule has 0 aromatic heterocycles. The molecule has 5 heteroatoms. The maximum absolute atomic E-state index is 11.7. The molecule has 2 N–H and O–H groups in total. The fraction of sp³-hybridized carbons (Fsp3) is 0.533. The summed E-state index contributed by atoms with van der Waals surface area (Å²) in [6.45, 7) is 0.253. The number of carbonyl (C=O) groups is 1. The molecule has 1 aliphatic rings. The second-order valence-electron chi connectivity index (χ2n) is 5.06. The van der Waals surface area contributed by atoms with E-state index in [0.717, 1.165) is 18.4 Å². The predicted molar refractivity (Wildman–Crippen MR) is 74.2 cm³/mol. The Labute approximate surface area is 118 Å². The van der Waals surface area contributed by atoms with Gasteiger partial charge in [-0.2, -0.15) is 0 Å². The summed E-state index contributed by atoms with van der Waals surface area (Å²) in [5, 5.41) is 12.6. The number of hydrogen-bond acceptors (Lipinski definition) is 4. The van der Waals surface area contributed by atoms with Gasteiger partial charge >= 0.3 is 6.09 Å². The van der Waals surface area contributed by atoms with Crippen LogP contribution in [0, 0.1) is 0 Å². The van der Waals surface area contributed by atoms with Crippen molar-refractivity contribution in [2.75, 3.05) is 7.11 Å². The number of hydrogen-bond donors (Lipinski definition) is 2. The molecule has 3 atom stereocenters. The van der Waals surface area contributed by atoms with E-state index in [9.17, 15) is 9.90 Å². The topological polar surface area (TPSA) is 67.8 Å². The summed E-state index contributed by atoms with van der Waals surface area (Å²) in [4.78, 5) is 11.7. The van der Waals surface area contributed by atoms with Gasteiger partial charge in [-0.3, -0.25) is 0 Å². The minimum absolute atomic E-state index is 0.0559. The van der Waals surface area contributed by atoms with Crippen LogP contribution >= 0.6 is 0 Å². The molecule has 1 fully saturated rings. The lowest BCUT2D eigenvalue weighted by atomic mass is 9.90. The summed E-state index contributed by atoms with van der Waals surface area (Å²) in [7, 11) is 1.59. The standard InChI is InChI=1S/C15H21NO4/c1-19-14-8-7-12(9-13(14)17)16-15(18)20-10-11-5-3-2-4-6-11/h2-6,12-14,17H,7-10H2,1H3,(H,16,18)/t12-,13+,14+/m0/s1. The fourth-order valence-corrected chi connectivity index (χ4v) is 2.46. The van der Waals surface area contributed by atoms with Gasteiger partial charge < -0.3 is 19.9 Å². The number of benzene rings is 1. The van der Waals surface area contributed by atoms with Crippen molar-refractivity contribution in [2.45, 2.75) is 44.1 Å². The van der Waals surface area contributed by atoms with E-state index in [2.05, 4.69) is 5.32 Å². The normalized spacial score (nSPS) is 26.0. The molecule has 0 radical (unpaired) electrons. The molecule has 0 bridgehead atoms. The zero-order valence-electron chi connectivity index (χ0n) is 11.6. The molecule has 0 spiro atoms. The van der Waals surface area contributed by atoms with Crippen LogP contribution in [0.2, 0.25) is 0 Å². The molecule has 1 amide bonds. The van der Waals surface area contributed by atoms with Crippen molar-refractivity contribution in [3.05, 3.63) is 35.9 Å². The number of aliphatic hydroxyl groups is 1. The van der Waals surface area contributed by atoms with Crippen molar-refractivity contribution >= 4 is 6.09 Å². The summed E-state index contributed by atoms with van der Waals surface area (Å²) in [5.41, 5.74) is 0.950. The molecule has 0 unspecified atom stereocenters. The zero-order chi connectivity index (χ0) is 14.4. The number of alkyl carbamates (subject to hydrolysis) is 1. The highest BCUT2D eigenvalue weighted by Crippen LogP contribution is 2.21. The summed E-state index contributed by atoms with van der Waals surface area (Å²) < 4.78 is 10.3. The van der Waals surface area contributed by atoms with Crippen molar-refractivity contribution in [2.24, 2.45) is 0 Å². The molecule has 0 heterocycles. The summed E-state index contributed by atoms with van der Waals surface area (Å²) in [6.07, 6.45) is 0.916. The Bertz CT molecular complexity index is 423. The van der Waals surface area contributed by atoms with E-state index in [1.807, 2.05) is 30.3 Å². The van der Waals surface area contributed by atoms with Crippen LogP contribution < -0.4 is 5.32 Å². The summed E-state index contributed by atoms with van der Waals surface area (Å²) in [5.74, 6) is 0. The van der Waals surface area contributed by atoms with Crippen LogP contribution in [0.3, 0.4) is 0 Å². The van der Waals surface area contributed by atoms with Crippen LogP contribution in [-0.2, 0) is 16.1 Å². The van der Waals surface area contributed by atoms with Crippen molar-refractivity contribution in [3.63, 3.8) is 0 Å². The third-order valence-electron chi connectivity index (χ3n) is 3.59. The van der Waals surface area contributed by atoms with E-state index >= 15 is 0 Å². The highest BCUT2D eigenvalue weighted by atomic mass is 16.5. The number of methoxy groups -OCH3 is 1. The molecule has 2 rings (SSSR count). The molecule has 1 aliphatic carbocycles. The fourth-order valence-electron chi connectivity index (χ4n) is 2.46. The van der Waals surface area contributed by atoms with Gasteiger partial charge in [0.1, 0.15) is 6.61 Å². The van der Waals surface area contributed by atoms with E-state index in [1.54, 1.807) is 7.11 Å². The Morgan fingerprint density at radius 2 is 2.10 bits per heavy atom.